The summed E-state index contributed by atoms with van der Waals surface area (Å²) in [5, 5.41) is 8.64. The lowest BCUT2D eigenvalue weighted by molar-refractivity contribution is 0.0692. The minimum Gasteiger partial charge on any atom is -0.478 e. The zero-order valence-electron chi connectivity index (χ0n) is 6.94. The number of carboxylic acids is 1. The molecule has 4 nitrogen and oxygen atoms in total. The van der Waals surface area contributed by atoms with Crippen LogP contribution in [0.2, 0.25) is 0 Å². The standard InChI is InChI=1S/C9H5FN2O2/c10-6-4-8-7(11-1-2-12-8)3-5(6)9(13)14/h1-4H,(H,13,14). The average Bonchev–Trinajstić information content (AvgIpc) is 2.16. The van der Waals surface area contributed by atoms with Gasteiger partial charge in [0.1, 0.15) is 5.82 Å². The molecule has 1 N–H and O–H groups in total. The van der Waals surface area contributed by atoms with Crippen LogP contribution in [0, 0.1) is 5.82 Å². The van der Waals surface area contributed by atoms with Crippen molar-refractivity contribution in [1.29, 1.82) is 0 Å². The van der Waals surface area contributed by atoms with E-state index in [1.54, 1.807) is 0 Å². The van der Waals surface area contributed by atoms with Gasteiger partial charge >= 0.3 is 5.97 Å². The normalized spacial score (nSPS) is 10.4. The number of hydrogen-bond acceptors (Lipinski definition) is 3. The number of nitrogens with zero attached hydrogens (tertiary/aromatic N) is 2. The number of aromatic carboxylic acids is 1. The predicted molar refractivity (Wildman–Crippen MR) is 46.5 cm³/mol. The summed E-state index contributed by atoms with van der Waals surface area (Å²) in [6.45, 7) is 0. The molecule has 0 aliphatic rings. The van der Waals surface area contributed by atoms with E-state index >= 15 is 0 Å². The third-order valence-electron chi connectivity index (χ3n) is 1.79. The molecule has 0 fully saturated rings. The third kappa shape index (κ3) is 1.28. The van der Waals surface area contributed by atoms with Crippen LogP contribution in [0.1, 0.15) is 10.4 Å². The van der Waals surface area contributed by atoms with Gasteiger partial charge in [-0.1, -0.05) is 0 Å². The number of halogens is 1. The Morgan fingerprint density at radius 1 is 1.21 bits per heavy atom. The highest BCUT2D eigenvalue weighted by Crippen LogP contribution is 2.15. The Labute approximate surface area is 78.0 Å². The van der Waals surface area contributed by atoms with Crippen LogP contribution >= 0.6 is 0 Å². The van der Waals surface area contributed by atoms with Crippen molar-refractivity contribution in [1.82, 2.24) is 9.97 Å². The highest BCUT2D eigenvalue weighted by atomic mass is 19.1. The lowest BCUT2D eigenvalue weighted by Gasteiger charge is -1.99. The molecule has 0 bridgehead atoms. The van der Waals surface area contributed by atoms with E-state index in [9.17, 15) is 9.18 Å². The highest BCUT2D eigenvalue weighted by molar-refractivity contribution is 5.92. The Morgan fingerprint density at radius 2 is 1.79 bits per heavy atom. The molecule has 0 aliphatic heterocycles. The van der Waals surface area contributed by atoms with Crippen molar-refractivity contribution in [2.24, 2.45) is 0 Å². The zero-order chi connectivity index (χ0) is 10.1. The largest absolute Gasteiger partial charge is 0.478 e. The molecule has 14 heavy (non-hydrogen) atoms. The quantitative estimate of drug-likeness (QED) is 0.743. The van der Waals surface area contributed by atoms with Gasteiger partial charge in [0.05, 0.1) is 16.6 Å². The molecule has 0 amide bonds. The van der Waals surface area contributed by atoms with Gasteiger partial charge in [0.15, 0.2) is 0 Å². The molecule has 5 heteroatoms. The molecule has 0 spiro atoms. The molecule has 0 radical (unpaired) electrons. The number of fused-ring (bicyclic) bond motifs is 1. The maximum Gasteiger partial charge on any atom is 0.338 e. The molecule has 2 rings (SSSR count). The van der Waals surface area contributed by atoms with Gasteiger partial charge in [0.25, 0.3) is 0 Å². The highest BCUT2D eigenvalue weighted by Gasteiger charge is 2.11. The average molecular weight is 192 g/mol. The van der Waals surface area contributed by atoms with Crippen LogP contribution in [0.25, 0.3) is 11.0 Å². The molecule has 1 heterocycles. The summed E-state index contributed by atoms with van der Waals surface area (Å²) in [6.07, 6.45) is 2.84. The number of hydrogen-bond donors (Lipinski definition) is 1. The summed E-state index contributed by atoms with van der Waals surface area (Å²) in [7, 11) is 0. The molecule has 0 aliphatic carbocycles. The fourth-order valence-corrected chi connectivity index (χ4v) is 1.15. The second-order valence-corrected chi connectivity index (χ2v) is 2.68. The Bertz CT molecular complexity index is 513. The fourth-order valence-electron chi connectivity index (χ4n) is 1.15. The summed E-state index contributed by atoms with van der Waals surface area (Å²) in [6, 6.07) is 2.23. The molecule has 0 saturated heterocycles. The molecule has 70 valence electrons. The van der Waals surface area contributed by atoms with E-state index in [1.807, 2.05) is 0 Å². The van der Waals surface area contributed by atoms with E-state index in [4.69, 9.17) is 5.11 Å². The zero-order valence-corrected chi connectivity index (χ0v) is 6.94. The summed E-state index contributed by atoms with van der Waals surface area (Å²) in [5.41, 5.74) is 0.319. The van der Waals surface area contributed by atoms with Crippen LogP contribution in [0.4, 0.5) is 4.39 Å². The molecule has 2 aromatic rings. The van der Waals surface area contributed by atoms with E-state index in [0.29, 0.717) is 11.0 Å². The number of carboxylic acid groups (broad SMARTS) is 1. The van der Waals surface area contributed by atoms with Gasteiger partial charge < -0.3 is 5.11 Å². The van der Waals surface area contributed by atoms with Gasteiger partial charge in [-0.05, 0) is 6.07 Å². The molecule has 1 aromatic carbocycles. The van der Waals surface area contributed by atoms with Crippen LogP contribution < -0.4 is 0 Å². The first kappa shape index (κ1) is 8.55. The summed E-state index contributed by atoms with van der Waals surface area (Å²) in [4.78, 5) is 18.3. The van der Waals surface area contributed by atoms with Crippen molar-refractivity contribution in [3.63, 3.8) is 0 Å². The van der Waals surface area contributed by atoms with Crippen molar-refractivity contribution < 1.29 is 14.3 Å². The summed E-state index contributed by atoms with van der Waals surface area (Å²) in [5.74, 6) is -2.11. The Kier molecular flexibility index (Phi) is 1.85. The Morgan fingerprint density at radius 3 is 2.36 bits per heavy atom. The minimum absolute atomic E-state index is 0.343. The lowest BCUT2D eigenvalue weighted by atomic mass is 10.2. The SMILES string of the molecule is O=C(O)c1cc2nccnc2cc1F. The van der Waals surface area contributed by atoms with Crippen molar-refractivity contribution in [3.05, 3.63) is 35.9 Å². The van der Waals surface area contributed by atoms with Gasteiger partial charge in [0, 0.05) is 18.5 Å². The number of carbonyl (C=O) groups is 1. The molecule has 1 aromatic heterocycles. The topological polar surface area (TPSA) is 63.1 Å². The van der Waals surface area contributed by atoms with Crippen molar-refractivity contribution in [2.45, 2.75) is 0 Å². The van der Waals surface area contributed by atoms with Crippen LogP contribution in [0.5, 0.6) is 0 Å². The van der Waals surface area contributed by atoms with Crippen LogP contribution in [-0.2, 0) is 0 Å². The fraction of sp³-hybridized carbons (Fsp3) is 0. The molecule has 0 atom stereocenters. The number of aromatic nitrogens is 2. The van der Waals surface area contributed by atoms with E-state index in [0.717, 1.165) is 6.07 Å². The lowest BCUT2D eigenvalue weighted by Crippen LogP contribution is -2.01. The first-order chi connectivity index (χ1) is 6.68. The van der Waals surface area contributed by atoms with E-state index < -0.39 is 17.3 Å². The van der Waals surface area contributed by atoms with Gasteiger partial charge in [-0.3, -0.25) is 9.97 Å². The molecular formula is C9H5FN2O2. The third-order valence-corrected chi connectivity index (χ3v) is 1.79. The van der Waals surface area contributed by atoms with Crippen molar-refractivity contribution in [2.75, 3.05) is 0 Å². The Balaban J connectivity index is 2.77. The van der Waals surface area contributed by atoms with Gasteiger partial charge in [-0.15, -0.1) is 0 Å². The maximum atomic E-state index is 13.1. The van der Waals surface area contributed by atoms with E-state index in [1.165, 1.54) is 18.5 Å². The Hall–Kier alpha value is -2.04. The van der Waals surface area contributed by atoms with E-state index in [-0.39, 0.29) is 0 Å². The molecule has 0 unspecified atom stereocenters. The smallest absolute Gasteiger partial charge is 0.338 e. The van der Waals surface area contributed by atoms with Gasteiger partial charge in [0.2, 0.25) is 0 Å². The van der Waals surface area contributed by atoms with E-state index in [2.05, 4.69) is 9.97 Å². The van der Waals surface area contributed by atoms with Crippen molar-refractivity contribution >= 4 is 17.0 Å². The molecular weight excluding hydrogens is 187 g/mol. The summed E-state index contributed by atoms with van der Waals surface area (Å²) >= 11 is 0. The monoisotopic (exact) mass is 192 g/mol. The second-order valence-electron chi connectivity index (χ2n) is 2.68. The second kappa shape index (κ2) is 3.02. The van der Waals surface area contributed by atoms with Crippen LogP contribution in [-0.4, -0.2) is 21.0 Å². The number of benzene rings is 1. The van der Waals surface area contributed by atoms with Gasteiger partial charge in [-0.2, -0.15) is 0 Å². The van der Waals surface area contributed by atoms with Crippen LogP contribution in [0.3, 0.4) is 0 Å². The van der Waals surface area contributed by atoms with Crippen molar-refractivity contribution in [3.8, 4) is 0 Å². The first-order valence-electron chi connectivity index (χ1n) is 3.82. The minimum atomic E-state index is -1.31. The first-order valence-corrected chi connectivity index (χ1v) is 3.82. The predicted octanol–water partition coefficient (Wildman–Crippen LogP) is 1.47. The maximum absolute atomic E-state index is 13.1. The number of rotatable bonds is 1. The van der Waals surface area contributed by atoms with Gasteiger partial charge in [-0.25, -0.2) is 9.18 Å². The molecule has 0 saturated carbocycles. The summed E-state index contributed by atoms with van der Waals surface area (Å²) < 4.78 is 13.1. The van der Waals surface area contributed by atoms with Crippen LogP contribution in [0.15, 0.2) is 24.5 Å².